The lowest BCUT2D eigenvalue weighted by Gasteiger charge is -2.10. The summed E-state index contributed by atoms with van der Waals surface area (Å²) in [5.74, 6) is 0.856. The lowest BCUT2D eigenvalue weighted by atomic mass is 10.2. The van der Waals surface area contributed by atoms with E-state index >= 15 is 0 Å². The van der Waals surface area contributed by atoms with Gasteiger partial charge in [-0.1, -0.05) is 36.4 Å². The average molecular weight is 400 g/mol. The molecule has 0 heterocycles. The van der Waals surface area contributed by atoms with E-state index in [0.717, 1.165) is 26.6 Å². The number of ether oxygens (including phenoxy) is 1. The van der Waals surface area contributed by atoms with Crippen molar-refractivity contribution < 1.29 is 4.74 Å². The first-order chi connectivity index (χ1) is 9.69. The number of anilines is 1. The fourth-order valence-corrected chi connectivity index (χ4v) is 2.75. The van der Waals surface area contributed by atoms with E-state index in [-0.39, 0.29) is 0 Å². The van der Waals surface area contributed by atoms with Gasteiger partial charge in [-0.25, -0.2) is 0 Å². The molecular formula is C16H15ClINO. The van der Waals surface area contributed by atoms with Crippen LogP contribution in [-0.2, 0) is 6.54 Å². The molecule has 0 aliphatic heterocycles. The van der Waals surface area contributed by atoms with Gasteiger partial charge < -0.3 is 10.1 Å². The molecule has 0 fully saturated rings. The van der Waals surface area contributed by atoms with Crippen LogP contribution in [0.2, 0.25) is 5.02 Å². The van der Waals surface area contributed by atoms with Gasteiger partial charge in [0.15, 0.2) is 0 Å². The number of benzene rings is 2. The minimum atomic E-state index is 0.528. The van der Waals surface area contributed by atoms with Crippen molar-refractivity contribution in [2.24, 2.45) is 0 Å². The molecule has 0 saturated carbocycles. The van der Waals surface area contributed by atoms with Crippen molar-refractivity contribution >= 4 is 39.9 Å². The Morgan fingerprint density at radius 1 is 1.20 bits per heavy atom. The van der Waals surface area contributed by atoms with Crippen LogP contribution in [0.3, 0.4) is 0 Å². The Hall–Kier alpha value is -1.20. The molecule has 0 atom stereocenters. The second-order valence-corrected chi connectivity index (χ2v) is 5.82. The Morgan fingerprint density at radius 2 is 1.95 bits per heavy atom. The van der Waals surface area contributed by atoms with Crippen molar-refractivity contribution in [2.75, 3.05) is 11.9 Å². The van der Waals surface area contributed by atoms with E-state index < -0.39 is 0 Å². The van der Waals surface area contributed by atoms with Gasteiger partial charge in [-0.15, -0.1) is 0 Å². The molecule has 104 valence electrons. The zero-order valence-electron chi connectivity index (χ0n) is 10.9. The van der Waals surface area contributed by atoms with Gasteiger partial charge in [0.2, 0.25) is 0 Å². The molecule has 2 rings (SSSR count). The van der Waals surface area contributed by atoms with Crippen LogP contribution < -0.4 is 10.1 Å². The predicted molar refractivity (Wildman–Crippen MR) is 93.6 cm³/mol. The zero-order valence-corrected chi connectivity index (χ0v) is 13.8. The summed E-state index contributed by atoms with van der Waals surface area (Å²) in [5, 5.41) is 4.15. The lowest BCUT2D eigenvalue weighted by Crippen LogP contribution is -2.01. The smallest absolute Gasteiger partial charge is 0.119 e. The van der Waals surface area contributed by atoms with Gasteiger partial charge in [0.1, 0.15) is 12.4 Å². The van der Waals surface area contributed by atoms with Crippen LogP contribution in [0.25, 0.3) is 0 Å². The van der Waals surface area contributed by atoms with Crippen molar-refractivity contribution in [1.29, 1.82) is 0 Å². The van der Waals surface area contributed by atoms with E-state index in [2.05, 4.69) is 34.5 Å². The van der Waals surface area contributed by atoms with Crippen molar-refractivity contribution in [3.05, 3.63) is 69.3 Å². The van der Waals surface area contributed by atoms with Gasteiger partial charge in [0, 0.05) is 20.8 Å². The molecule has 0 aliphatic rings. The summed E-state index contributed by atoms with van der Waals surface area (Å²) in [7, 11) is 0. The summed E-state index contributed by atoms with van der Waals surface area (Å²) >= 11 is 8.21. The van der Waals surface area contributed by atoms with E-state index in [1.54, 1.807) is 6.08 Å². The van der Waals surface area contributed by atoms with Crippen molar-refractivity contribution in [3.8, 4) is 5.75 Å². The van der Waals surface area contributed by atoms with Gasteiger partial charge in [0.25, 0.3) is 0 Å². The molecule has 0 bridgehead atoms. The summed E-state index contributed by atoms with van der Waals surface area (Å²) < 4.78 is 6.56. The fraction of sp³-hybridized carbons (Fsp3) is 0.125. The number of rotatable bonds is 6. The highest BCUT2D eigenvalue weighted by Crippen LogP contribution is 2.23. The summed E-state index contributed by atoms with van der Waals surface area (Å²) in [6.45, 7) is 4.92. The third-order valence-electron chi connectivity index (χ3n) is 2.71. The minimum Gasteiger partial charge on any atom is -0.490 e. The van der Waals surface area contributed by atoms with Gasteiger partial charge in [-0.2, -0.15) is 0 Å². The Kier molecular flexibility index (Phi) is 5.73. The quantitative estimate of drug-likeness (QED) is 0.537. The molecule has 2 aromatic rings. The number of hydrogen-bond acceptors (Lipinski definition) is 2. The highest BCUT2D eigenvalue weighted by molar-refractivity contribution is 14.1. The van der Waals surface area contributed by atoms with Gasteiger partial charge >= 0.3 is 0 Å². The molecule has 0 aliphatic carbocycles. The third-order valence-corrected chi connectivity index (χ3v) is 3.83. The standard InChI is InChI=1S/C16H15ClINO/c1-2-9-20-14-6-3-12(4-7-14)11-19-16-8-5-13(17)10-15(16)18/h2-8,10,19H,1,9,11H2. The molecular weight excluding hydrogens is 385 g/mol. The van der Waals surface area contributed by atoms with Crippen molar-refractivity contribution in [2.45, 2.75) is 6.54 Å². The topological polar surface area (TPSA) is 21.3 Å². The molecule has 0 radical (unpaired) electrons. The second-order valence-electron chi connectivity index (χ2n) is 4.22. The third kappa shape index (κ3) is 4.42. The molecule has 0 saturated heterocycles. The van der Waals surface area contributed by atoms with Gasteiger partial charge in [-0.3, -0.25) is 0 Å². The normalized spacial score (nSPS) is 10.1. The van der Waals surface area contributed by atoms with Crippen LogP contribution in [0, 0.1) is 3.57 Å². The first-order valence-electron chi connectivity index (χ1n) is 6.20. The van der Waals surface area contributed by atoms with E-state index in [9.17, 15) is 0 Å². The summed E-state index contributed by atoms with van der Waals surface area (Å²) in [4.78, 5) is 0. The van der Waals surface area contributed by atoms with Gasteiger partial charge in [-0.05, 0) is 58.5 Å². The monoisotopic (exact) mass is 399 g/mol. The largest absolute Gasteiger partial charge is 0.490 e. The molecule has 2 aromatic carbocycles. The maximum Gasteiger partial charge on any atom is 0.119 e. The minimum absolute atomic E-state index is 0.528. The van der Waals surface area contributed by atoms with E-state index in [0.29, 0.717) is 6.61 Å². The first kappa shape index (κ1) is 15.2. The molecule has 0 aromatic heterocycles. The predicted octanol–water partition coefficient (Wildman–Crippen LogP) is 5.12. The van der Waals surface area contributed by atoms with Crippen LogP contribution in [0.1, 0.15) is 5.56 Å². The van der Waals surface area contributed by atoms with Gasteiger partial charge in [0.05, 0.1) is 0 Å². The van der Waals surface area contributed by atoms with E-state index in [4.69, 9.17) is 16.3 Å². The Balaban J connectivity index is 1.95. The Bertz CT molecular complexity index is 584. The first-order valence-corrected chi connectivity index (χ1v) is 7.66. The van der Waals surface area contributed by atoms with E-state index in [1.807, 2.05) is 42.5 Å². The highest BCUT2D eigenvalue weighted by atomic mass is 127. The van der Waals surface area contributed by atoms with Crippen LogP contribution >= 0.6 is 34.2 Å². The van der Waals surface area contributed by atoms with Crippen LogP contribution in [0.4, 0.5) is 5.69 Å². The highest BCUT2D eigenvalue weighted by Gasteiger charge is 2.01. The second kappa shape index (κ2) is 7.55. The average Bonchev–Trinajstić information content (AvgIpc) is 2.45. The van der Waals surface area contributed by atoms with Crippen molar-refractivity contribution in [3.63, 3.8) is 0 Å². The Labute approximate surface area is 137 Å². The number of nitrogens with one attached hydrogen (secondary N) is 1. The molecule has 0 amide bonds. The van der Waals surface area contributed by atoms with Crippen LogP contribution in [0.15, 0.2) is 55.1 Å². The zero-order chi connectivity index (χ0) is 14.4. The van der Waals surface area contributed by atoms with Crippen molar-refractivity contribution in [1.82, 2.24) is 0 Å². The lowest BCUT2D eigenvalue weighted by molar-refractivity contribution is 0.363. The summed E-state index contributed by atoms with van der Waals surface area (Å²) in [5.41, 5.74) is 2.28. The molecule has 4 heteroatoms. The van der Waals surface area contributed by atoms with E-state index in [1.165, 1.54) is 5.56 Å². The molecule has 0 unspecified atom stereocenters. The maximum absolute atomic E-state index is 5.94. The molecule has 1 N–H and O–H groups in total. The molecule has 2 nitrogen and oxygen atoms in total. The van der Waals surface area contributed by atoms with Crippen LogP contribution in [-0.4, -0.2) is 6.61 Å². The number of halogens is 2. The number of hydrogen-bond donors (Lipinski definition) is 1. The molecule has 20 heavy (non-hydrogen) atoms. The van der Waals surface area contributed by atoms with Crippen LogP contribution in [0.5, 0.6) is 5.75 Å². The Morgan fingerprint density at radius 3 is 2.60 bits per heavy atom. The SMILES string of the molecule is C=CCOc1ccc(CNc2ccc(Cl)cc2I)cc1. The molecule has 0 spiro atoms. The maximum atomic E-state index is 5.94. The summed E-state index contributed by atoms with van der Waals surface area (Å²) in [6.07, 6.45) is 1.73. The fourth-order valence-electron chi connectivity index (χ4n) is 1.69. The summed E-state index contributed by atoms with van der Waals surface area (Å²) in [6, 6.07) is 13.9.